The second-order valence-electron chi connectivity index (χ2n) is 12.9. The average Bonchev–Trinajstić information content (AvgIpc) is 3.52. The molecule has 3 aromatic carbocycles. The van der Waals surface area contributed by atoms with Crippen molar-refractivity contribution in [1.29, 1.82) is 0 Å². The van der Waals surface area contributed by atoms with Crippen LogP contribution in [0.25, 0.3) is 11.1 Å². The maximum atomic E-state index is 15.7. The molecule has 6 rings (SSSR count). The summed E-state index contributed by atoms with van der Waals surface area (Å²) < 4.78 is 21.4. The molecule has 46 heavy (non-hydrogen) atoms. The number of esters is 1. The summed E-state index contributed by atoms with van der Waals surface area (Å²) in [6, 6.07) is 24.0. The van der Waals surface area contributed by atoms with Crippen LogP contribution < -0.4 is 10.2 Å². The molecule has 7 heteroatoms. The fourth-order valence-corrected chi connectivity index (χ4v) is 7.27. The lowest BCUT2D eigenvalue weighted by Crippen LogP contribution is -2.40. The molecule has 0 atom stereocenters. The van der Waals surface area contributed by atoms with E-state index >= 15 is 4.39 Å². The van der Waals surface area contributed by atoms with E-state index in [-0.39, 0.29) is 24.6 Å². The number of benzene rings is 3. The molecule has 1 aliphatic carbocycles. The van der Waals surface area contributed by atoms with Gasteiger partial charge in [-0.1, -0.05) is 79.6 Å². The fraction of sp³-hybridized carbons (Fsp3) is 0.359. The number of hydrogen-bond donors (Lipinski definition) is 1. The van der Waals surface area contributed by atoms with Crippen molar-refractivity contribution in [2.45, 2.75) is 71.9 Å². The molecule has 2 aliphatic rings. The van der Waals surface area contributed by atoms with Gasteiger partial charge in [-0.25, -0.2) is 4.39 Å². The first-order valence-electron chi connectivity index (χ1n) is 16.4. The summed E-state index contributed by atoms with van der Waals surface area (Å²) in [5, 5.41) is 2.82. The van der Waals surface area contributed by atoms with Gasteiger partial charge in [0.2, 0.25) is 0 Å². The van der Waals surface area contributed by atoms with Crippen LogP contribution in [0.1, 0.15) is 77.0 Å². The van der Waals surface area contributed by atoms with Gasteiger partial charge in [0.1, 0.15) is 12.4 Å². The number of carbonyl (C=O) groups is 2. The highest BCUT2D eigenvalue weighted by molar-refractivity contribution is 5.95. The van der Waals surface area contributed by atoms with Crippen molar-refractivity contribution in [1.82, 2.24) is 10.3 Å². The number of carbonyl (C=O) groups excluding carboxylic acids is 2. The summed E-state index contributed by atoms with van der Waals surface area (Å²) in [6.07, 6.45) is 7.40. The Morgan fingerprint density at radius 3 is 2.17 bits per heavy atom. The van der Waals surface area contributed by atoms with Crippen molar-refractivity contribution in [3.8, 4) is 11.1 Å². The Morgan fingerprint density at radius 1 is 0.870 bits per heavy atom. The normalized spacial score (nSPS) is 15.6. The highest BCUT2D eigenvalue weighted by Gasteiger charge is 2.38. The lowest BCUT2D eigenvalue weighted by Gasteiger charge is -2.42. The number of rotatable bonds is 9. The minimum Gasteiger partial charge on any atom is -0.461 e. The van der Waals surface area contributed by atoms with Crippen molar-refractivity contribution in [3.05, 3.63) is 118 Å². The first kappa shape index (κ1) is 31.5. The number of pyridine rings is 1. The quantitative estimate of drug-likeness (QED) is 0.193. The topological polar surface area (TPSA) is 71.5 Å². The van der Waals surface area contributed by atoms with E-state index in [0.29, 0.717) is 17.5 Å². The fourth-order valence-electron chi connectivity index (χ4n) is 7.27. The number of amides is 1. The first-order valence-corrected chi connectivity index (χ1v) is 16.4. The van der Waals surface area contributed by atoms with E-state index in [9.17, 15) is 9.59 Å². The molecule has 1 N–H and O–H groups in total. The minimum atomic E-state index is -0.596. The number of halogens is 1. The summed E-state index contributed by atoms with van der Waals surface area (Å²) in [6.45, 7) is 6.11. The maximum Gasteiger partial charge on any atom is 0.310 e. The van der Waals surface area contributed by atoms with E-state index in [1.54, 1.807) is 12.1 Å². The van der Waals surface area contributed by atoms with Crippen LogP contribution in [0.5, 0.6) is 0 Å². The van der Waals surface area contributed by atoms with Crippen LogP contribution in [0.4, 0.5) is 10.1 Å². The third-order valence-electron chi connectivity index (χ3n) is 9.82. The molecule has 1 amide bonds. The van der Waals surface area contributed by atoms with Crippen molar-refractivity contribution in [2.24, 2.45) is 5.41 Å². The highest BCUT2D eigenvalue weighted by atomic mass is 19.1. The zero-order valence-corrected chi connectivity index (χ0v) is 26.8. The van der Waals surface area contributed by atoms with E-state index in [2.05, 4.69) is 10.2 Å². The van der Waals surface area contributed by atoms with Gasteiger partial charge in [0.05, 0.1) is 17.7 Å². The van der Waals surface area contributed by atoms with E-state index < -0.39 is 11.7 Å². The van der Waals surface area contributed by atoms with E-state index in [4.69, 9.17) is 9.72 Å². The van der Waals surface area contributed by atoms with Crippen LogP contribution in [0.2, 0.25) is 0 Å². The largest absolute Gasteiger partial charge is 0.461 e. The van der Waals surface area contributed by atoms with Crippen molar-refractivity contribution < 1.29 is 18.7 Å². The number of piperidine rings is 1. The summed E-state index contributed by atoms with van der Waals surface area (Å²) in [5.74, 6) is -1.39. The number of aromatic nitrogens is 1. The molecule has 4 aromatic rings. The predicted molar refractivity (Wildman–Crippen MR) is 179 cm³/mol. The average molecular weight is 620 g/mol. The summed E-state index contributed by atoms with van der Waals surface area (Å²) in [5.41, 5.74) is 6.97. The summed E-state index contributed by atoms with van der Waals surface area (Å²) >= 11 is 0. The number of ether oxygens (including phenoxy) is 1. The molecule has 0 bridgehead atoms. The standard InChI is InChI=1S/C39H42FN3O3/c1-27-33(24-35(44)46-26-30-13-7-4-8-14-30)37(43-21-19-39(20-22-43)17-9-10-18-39)36(28(2)42-27)31-15-16-32(34(40)23-31)38(45)41-25-29-11-5-3-6-12-29/h3-8,11-16,23H,9-10,17-22,24-26H2,1-2H3,(H,41,45). The van der Waals surface area contributed by atoms with Crippen LogP contribution in [0.3, 0.4) is 0 Å². The molecule has 2 fully saturated rings. The number of anilines is 1. The number of hydrogen-bond acceptors (Lipinski definition) is 5. The van der Waals surface area contributed by atoms with Gasteiger partial charge in [-0.15, -0.1) is 0 Å². The SMILES string of the molecule is Cc1nc(C)c(-c2ccc(C(=O)NCc3ccccc3)c(F)c2)c(N2CCC3(CCCC3)CC2)c1CC(=O)OCc1ccccc1. The number of nitrogens with zero attached hydrogens (tertiary/aromatic N) is 2. The number of aryl methyl sites for hydroxylation is 2. The Balaban J connectivity index is 1.31. The monoisotopic (exact) mass is 619 g/mol. The predicted octanol–water partition coefficient (Wildman–Crippen LogP) is 7.88. The maximum absolute atomic E-state index is 15.7. The van der Waals surface area contributed by atoms with Crippen LogP contribution in [0, 0.1) is 25.1 Å². The van der Waals surface area contributed by atoms with E-state index in [1.807, 2.05) is 74.5 Å². The van der Waals surface area contributed by atoms with Gasteiger partial charge in [0, 0.05) is 42.1 Å². The van der Waals surface area contributed by atoms with Crippen molar-refractivity contribution in [2.75, 3.05) is 18.0 Å². The molecule has 0 radical (unpaired) electrons. The molecule has 0 unspecified atom stereocenters. The Labute approximate surface area is 271 Å². The Hall–Kier alpha value is -4.52. The van der Waals surface area contributed by atoms with Gasteiger partial charge in [0.15, 0.2) is 0 Å². The molecule has 1 saturated carbocycles. The van der Waals surface area contributed by atoms with Gasteiger partial charge < -0.3 is 15.0 Å². The third-order valence-corrected chi connectivity index (χ3v) is 9.82. The molecule has 238 valence electrons. The zero-order valence-electron chi connectivity index (χ0n) is 26.8. The van der Waals surface area contributed by atoms with Gasteiger partial charge in [-0.05, 0) is 73.8 Å². The third kappa shape index (κ3) is 6.99. The highest BCUT2D eigenvalue weighted by Crippen LogP contribution is 2.48. The molecular weight excluding hydrogens is 577 g/mol. The lowest BCUT2D eigenvalue weighted by atomic mass is 9.76. The van der Waals surface area contributed by atoms with Gasteiger partial charge in [0.25, 0.3) is 5.91 Å². The van der Waals surface area contributed by atoms with Crippen molar-refractivity contribution >= 4 is 17.6 Å². The Kier molecular flexibility index (Phi) is 9.48. The van der Waals surface area contributed by atoms with Crippen LogP contribution in [-0.4, -0.2) is 29.9 Å². The molecule has 2 heterocycles. The molecule has 1 saturated heterocycles. The molecule has 6 nitrogen and oxygen atoms in total. The second-order valence-corrected chi connectivity index (χ2v) is 12.9. The van der Waals surface area contributed by atoms with E-state index in [1.165, 1.54) is 31.7 Å². The first-order chi connectivity index (χ1) is 22.3. The second kappa shape index (κ2) is 13.9. The molecular formula is C39H42FN3O3. The zero-order chi connectivity index (χ0) is 32.1. The summed E-state index contributed by atoms with van der Waals surface area (Å²) in [7, 11) is 0. The van der Waals surface area contributed by atoms with Crippen LogP contribution in [0.15, 0.2) is 78.9 Å². The molecule has 1 aromatic heterocycles. The van der Waals surface area contributed by atoms with Crippen LogP contribution in [-0.2, 0) is 29.1 Å². The smallest absolute Gasteiger partial charge is 0.310 e. The minimum absolute atomic E-state index is 0.00943. The van der Waals surface area contributed by atoms with Gasteiger partial charge in [-0.3, -0.25) is 14.6 Å². The van der Waals surface area contributed by atoms with Gasteiger partial charge in [-0.2, -0.15) is 0 Å². The van der Waals surface area contributed by atoms with Crippen molar-refractivity contribution in [3.63, 3.8) is 0 Å². The van der Waals surface area contributed by atoms with Crippen LogP contribution >= 0.6 is 0 Å². The molecule has 1 aliphatic heterocycles. The number of nitrogens with one attached hydrogen (secondary N) is 1. The Morgan fingerprint density at radius 2 is 1.52 bits per heavy atom. The lowest BCUT2D eigenvalue weighted by molar-refractivity contribution is -0.144. The summed E-state index contributed by atoms with van der Waals surface area (Å²) in [4.78, 5) is 33.5. The van der Waals surface area contributed by atoms with E-state index in [0.717, 1.165) is 65.3 Å². The Bertz CT molecular complexity index is 1690. The molecule has 1 spiro atoms. The van der Waals surface area contributed by atoms with Gasteiger partial charge >= 0.3 is 5.97 Å².